The Morgan fingerprint density at radius 2 is 2.24 bits per heavy atom. The van der Waals surface area contributed by atoms with Gasteiger partial charge in [0.1, 0.15) is 0 Å². The van der Waals surface area contributed by atoms with Gasteiger partial charge in [-0.1, -0.05) is 18.5 Å². The monoisotopic (exact) mass is 296 g/mol. The summed E-state index contributed by atoms with van der Waals surface area (Å²) in [4.78, 5) is 12.7. The van der Waals surface area contributed by atoms with E-state index in [0.717, 1.165) is 15.6 Å². The van der Waals surface area contributed by atoms with Gasteiger partial charge in [0.15, 0.2) is 0 Å². The molecule has 0 saturated carbocycles. The maximum absolute atomic E-state index is 11.6. The topological polar surface area (TPSA) is 41.1 Å². The first-order valence-electron chi connectivity index (χ1n) is 5.36. The highest BCUT2D eigenvalue weighted by Gasteiger charge is 2.14. The van der Waals surface area contributed by atoms with Crippen molar-refractivity contribution in [2.75, 3.05) is 13.6 Å². The van der Waals surface area contributed by atoms with Crippen LogP contribution in [-0.2, 0) is 4.79 Å². The first-order valence-corrected chi connectivity index (χ1v) is 6.56. The molecule has 0 saturated heterocycles. The summed E-state index contributed by atoms with van der Waals surface area (Å²) in [5.74, 6) is 0.0747. The second-order valence-electron chi connectivity index (χ2n) is 3.52. The molecular weight excluding hydrogens is 279 g/mol. The number of rotatable bonds is 6. The van der Waals surface area contributed by atoms with Gasteiger partial charge in [0.05, 0.1) is 10.4 Å². The van der Waals surface area contributed by atoms with Gasteiger partial charge in [0.2, 0.25) is 5.91 Å². The summed E-state index contributed by atoms with van der Waals surface area (Å²) in [5.41, 5.74) is 0. The number of hydrogen-bond acceptors (Lipinski definition) is 3. The largest absolute Gasteiger partial charge is 0.348 e. The van der Waals surface area contributed by atoms with E-state index in [1.54, 1.807) is 0 Å². The fraction of sp³-hybridized carbons (Fsp3) is 0.545. The number of carbonyl (C=O) groups is 1. The Kier molecular flexibility index (Phi) is 8.60. The van der Waals surface area contributed by atoms with Crippen LogP contribution in [0.1, 0.15) is 30.7 Å². The normalized spacial score (nSPS) is 11.7. The molecule has 0 aromatic carbocycles. The van der Waals surface area contributed by atoms with E-state index in [9.17, 15) is 4.79 Å². The Labute approximate surface area is 117 Å². The Morgan fingerprint density at radius 3 is 2.71 bits per heavy atom. The quantitative estimate of drug-likeness (QED) is 0.847. The molecule has 1 atom stereocenters. The fourth-order valence-electron chi connectivity index (χ4n) is 1.39. The van der Waals surface area contributed by atoms with Crippen LogP contribution in [-0.4, -0.2) is 19.5 Å². The standard InChI is InChI=1S/C11H17ClN2OS.ClH/c1-3-8(9-4-5-10(12)16-9)14-11(15)6-7-13-2;/h4-5,8,13H,3,6-7H2,1-2H3,(H,14,15);1H. The van der Waals surface area contributed by atoms with E-state index in [4.69, 9.17) is 11.6 Å². The lowest BCUT2D eigenvalue weighted by atomic mass is 10.2. The van der Waals surface area contributed by atoms with Gasteiger partial charge >= 0.3 is 0 Å². The number of nitrogens with one attached hydrogen (secondary N) is 2. The van der Waals surface area contributed by atoms with Crippen molar-refractivity contribution in [3.63, 3.8) is 0 Å². The predicted molar refractivity (Wildman–Crippen MR) is 76.3 cm³/mol. The van der Waals surface area contributed by atoms with E-state index in [-0.39, 0.29) is 24.4 Å². The first-order chi connectivity index (χ1) is 7.67. The van der Waals surface area contributed by atoms with E-state index >= 15 is 0 Å². The molecule has 0 fully saturated rings. The van der Waals surface area contributed by atoms with Crippen LogP contribution in [0.2, 0.25) is 4.34 Å². The van der Waals surface area contributed by atoms with Gasteiger partial charge in [-0.15, -0.1) is 23.7 Å². The van der Waals surface area contributed by atoms with Gasteiger partial charge < -0.3 is 10.6 Å². The number of hydrogen-bond donors (Lipinski definition) is 2. The minimum Gasteiger partial charge on any atom is -0.348 e. The molecule has 0 radical (unpaired) electrons. The number of halogens is 2. The molecule has 6 heteroatoms. The highest BCUT2D eigenvalue weighted by atomic mass is 35.5. The first kappa shape index (κ1) is 16.7. The molecule has 1 aromatic rings. The fourth-order valence-corrected chi connectivity index (χ4v) is 2.59. The van der Waals surface area contributed by atoms with Gasteiger partial charge in [-0.25, -0.2) is 0 Å². The van der Waals surface area contributed by atoms with E-state index < -0.39 is 0 Å². The lowest BCUT2D eigenvalue weighted by Gasteiger charge is -2.15. The van der Waals surface area contributed by atoms with Crippen molar-refractivity contribution >= 4 is 41.3 Å². The molecule has 0 aliphatic heterocycles. The van der Waals surface area contributed by atoms with E-state index in [0.29, 0.717) is 13.0 Å². The zero-order valence-corrected chi connectivity index (χ0v) is 12.3. The molecule has 1 unspecified atom stereocenters. The van der Waals surface area contributed by atoms with E-state index in [1.165, 1.54) is 11.3 Å². The molecular formula is C11H18Cl2N2OS. The van der Waals surface area contributed by atoms with Crippen molar-refractivity contribution in [3.05, 3.63) is 21.3 Å². The Balaban J connectivity index is 0.00000256. The average molecular weight is 297 g/mol. The predicted octanol–water partition coefficient (Wildman–Crippen LogP) is 3.00. The minimum absolute atomic E-state index is 0. The SMILES string of the molecule is CCC(NC(=O)CCNC)c1ccc(Cl)s1.Cl. The lowest BCUT2D eigenvalue weighted by molar-refractivity contribution is -0.121. The number of thiophene rings is 1. The summed E-state index contributed by atoms with van der Waals surface area (Å²) in [6.07, 6.45) is 1.38. The van der Waals surface area contributed by atoms with Crippen LogP contribution < -0.4 is 10.6 Å². The second-order valence-corrected chi connectivity index (χ2v) is 5.27. The van der Waals surface area contributed by atoms with Crippen LogP contribution in [0.3, 0.4) is 0 Å². The Bertz CT molecular complexity index is 344. The zero-order chi connectivity index (χ0) is 12.0. The molecule has 17 heavy (non-hydrogen) atoms. The van der Waals surface area contributed by atoms with Crippen LogP contribution >= 0.6 is 35.3 Å². The maximum atomic E-state index is 11.6. The van der Waals surface area contributed by atoms with Crippen molar-refractivity contribution in [3.8, 4) is 0 Å². The van der Waals surface area contributed by atoms with E-state index in [1.807, 2.05) is 19.2 Å². The van der Waals surface area contributed by atoms with Gasteiger partial charge in [-0.2, -0.15) is 0 Å². The molecule has 0 aliphatic carbocycles. The van der Waals surface area contributed by atoms with Gasteiger partial charge in [0, 0.05) is 17.8 Å². The smallest absolute Gasteiger partial charge is 0.221 e. The van der Waals surface area contributed by atoms with Crippen molar-refractivity contribution in [1.29, 1.82) is 0 Å². The van der Waals surface area contributed by atoms with Gasteiger partial charge in [-0.3, -0.25) is 4.79 Å². The van der Waals surface area contributed by atoms with Crippen LogP contribution in [0, 0.1) is 0 Å². The van der Waals surface area contributed by atoms with Gasteiger partial charge in [0.25, 0.3) is 0 Å². The summed E-state index contributed by atoms with van der Waals surface area (Å²) in [6, 6.07) is 3.92. The summed E-state index contributed by atoms with van der Waals surface area (Å²) < 4.78 is 0.762. The van der Waals surface area contributed by atoms with Gasteiger partial charge in [-0.05, 0) is 25.6 Å². The summed E-state index contributed by atoms with van der Waals surface area (Å²) in [5, 5.41) is 5.96. The molecule has 3 nitrogen and oxygen atoms in total. The van der Waals surface area contributed by atoms with Crippen molar-refractivity contribution in [2.45, 2.75) is 25.8 Å². The molecule has 1 heterocycles. The molecule has 1 amide bonds. The summed E-state index contributed by atoms with van der Waals surface area (Å²) >= 11 is 7.40. The van der Waals surface area contributed by atoms with Crippen molar-refractivity contribution in [2.24, 2.45) is 0 Å². The molecule has 1 rings (SSSR count). The van der Waals surface area contributed by atoms with Crippen LogP contribution in [0.25, 0.3) is 0 Å². The molecule has 2 N–H and O–H groups in total. The van der Waals surface area contributed by atoms with Crippen molar-refractivity contribution < 1.29 is 4.79 Å². The zero-order valence-electron chi connectivity index (χ0n) is 9.96. The lowest BCUT2D eigenvalue weighted by Crippen LogP contribution is -2.29. The average Bonchev–Trinajstić information content (AvgIpc) is 2.69. The van der Waals surface area contributed by atoms with Crippen LogP contribution in [0.4, 0.5) is 0 Å². The van der Waals surface area contributed by atoms with Crippen LogP contribution in [0.15, 0.2) is 12.1 Å². The molecule has 98 valence electrons. The third-order valence-corrected chi connectivity index (χ3v) is 3.63. The summed E-state index contributed by atoms with van der Waals surface area (Å²) in [6.45, 7) is 2.75. The number of amides is 1. The highest BCUT2D eigenvalue weighted by Crippen LogP contribution is 2.28. The third-order valence-electron chi connectivity index (χ3n) is 2.28. The molecule has 0 aliphatic rings. The third kappa shape index (κ3) is 5.73. The molecule has 0 bridgehead atoms. The molecule has 0 spiro atoms. The van der Waals surface area contributed by atoms with Crippen molar-refractivity contribution in [1.82, 2.24) is 10.6 Å². The maximum Gasteiger partial charge on any atom is 0.221 e. The Morgan fingerprint density at radius 1 is 1.53 bits per heavy atom. The summed E-state index contributed by atoms with van der Waals surface area (Å²) in [7, 11) is 1.84. The highest BCUT2D eigenvalue weighted by molar-refractivity contribution is 7.16. The van der Waals surface area contributed by atoms with E-state index in [2.05, 4.69) is 17.6 Å². The van der Waals surface area contributed by atoms with Crippen LogP contribution in [0.5, 0.6) is 0 Å². The second kappa shape index (κ2) is 8.75. The molecule has 1 aromatic heterocycles. The minimum atomic E-state index is 0. The number of carbonyl (C=O) groups excluding carboxylic acids is 1. The Hall–Kier alpha value is -0.290.